The average molecular weight is 495 g/mol. The monoisotopic (exact) mass is 494 g/mol. The van der Waals surface area contributed by atoms with Gasteiger partial charge in [-0.15, -0.1) is 0 Å². The van der Waals surface area contributed by atoms with Crippen molar-refractivity contribution in [1.29, 1.82) is 0 Å². The number of benzene rings is 2. The molecule has 7 nitrogen and oxygen atoms in total. The number of nitrogens with one attached hydrogen (secondary N) is 1. The van der Waals surface area contributed by atoms with Crippen LogP contribution in [0.25, 0.3) is 39.3 Å². The Balaban J connectivity index is 1.39. The molecule has 2 N–H and O–H groups in total. The minimum Gasteiger partial charge on any atom is -0.508 e. The van der Waals surface area contributed by atoms with Crippen molar-refractivity contribution < 1.29 is 5.11 Å². The summed E-state index contributed by atoms with van der Waals surface area (Å²) >= 11 is 6.90. The Morgan fingerprint density at radius 3 is 2.61 bits per heavy atom. The van der Waals surface area contributed by atoms with Crippen LogP contribution in [0.4, 0.5) is 5.69 Å². The summed E-state index contributed by atoms with van der Waals surface area (Å²) < 4.78 is 1.85. The summed E-state index contributed by atoms with van der Waals surface area (Å²) in [5.41, 5.74) is 6.93. The summed E-state index contributed by atoms with van der Waals surface area (Å²) in [6.07, 6.45) is 6.46. The first-order valence-electron chi connectivity index (χ1n) is 12.0. The molecule has 5 aromatic rings. The highest BCUT2D eigenvalue weighted by Crippen LogP contribution is 2.39. The first-order chi connectivity index (χ1) is 17.7. The smallest absolute Gasteiger partial charge is 0.164 e. The molecule has 2 bridgehead atoms. The van der Waals surface area contributed by atoms with Crippen molar-refractivity contribution in [2.75, 3.05) is 18.0 Å². The zero-order valence-electron chi connectivity index (χ0n) is 19.3. The van der Waals surface area contributed by atoms with Crippen LogP contribution in [0.5, 0.6) is 5.75 Å². The van der Waals surface area contributed by atoms with Gasteiger partial charge in [-0.2, -0.15) is 5.10 Å². The van der Waals surface area contributed by atoms with Gasteiger partial charge >= 0.3 is 0 Å². The fraction of sp³-hybridized carbons (Fsp3) is 0.179. The van der Waals surface area contributed by atoms with E-state index in [0.717, 1.165) is 52.4 Å². The highest BCUT2D eigenvalue weighted by molar-refractivity contribution is 6.33. The zero-order valence-corrected chi connectivity index (χ0v) is 20.1. The van der Waals surface area contributed by atoms with Crippen molar-refractivity contribution in [3.05, 3.63) is 84.3 Å². The van der Waals surface area contributed by atoms with E-state index in [1.165, 1.54) is 6.42 Å². The standard InChI is InChI=1S/C28H23ClN6O/c29-24-14-20(34-16-19-13-21(34)15-32-19)4-5-23(24)25-8-11-31-28-26(18-2-1-3-22(36)12-18)27(33-35(25)28)17-6-9-30-10-7-17/h1-12,14,19,21,32,36H,13,15-16H2/t19-,21?/m0/s1. The molecule has 7 rings (SSSR count). The Morgan fingerprint density at radius 1 is 0.972 bits per heavy atom. The van der Waals surface area contributed by atoms with Crippen molar-refractivity contribution in [2.24, 2.45) is 0 Å². The lowest BCUT2D eigenvalue weighted by molar-refractivity contribution is 0.475. The van der Waals surface area contributed by atoms with Crippen molar-refractivity contribution in [2.45, 2.75) is 18.5 Å². The Kier molecular flexibility index (Phi) is 4.94. The van der Waals surface area contributed by atoms with Crippen LogP contribution in [-0.2, 0) is 0 Å². The van der Waals surface area contributed by atoms with E-state index in [-0.39, 0.29) is 5.75 Å². The minimum atomic E-state index is 0.188. The third kappa shape index (κ3) is 3.43. The van der Waals surface area contributed by atoms with E-state index < -0.39 is 0 Å². The van der Waals surface area contributed by atoms with Gasteiger partial charge in [0.2, 0.25) is 0 Å². The second-order valence-electron chi connectivity index (χ2n) is 9.39. The number of aromatic hydroxyl groups is 1. The van der Waals surface area contributed by atoms with Crippen LogP contribution in [-0.4, -0.2) is 49.9 Å². The number of nitrogens with zero attached hydrogens (tertiary/aromatic N) is 5. The van der Waals surface area contributed by atoms with Crippen LogP contribution in [0.3, 0.4) is 0 Å². The van der Waals surface area contributed by atoms with Crippen LogP contribution < -0.4 is 10.2 Å². The average Bonchev–Trinajstić information content (AvgIpc) is 3.63. The maximum Gasteiger partial charge on any atom is 0.164 e. The number of phenolic OH excluding ortho intramolecular Hbond substituents is 1. The van der Waals surface area contributed by atoms with Gasteiger partial charge in [0.1, 0.15) is 11.4 Å². The predicted molar refractivity (Wildman–Crippen MR) is 141 cm³/mol. The summed E-state index contributed by atoms with van der Waals surface area (Å²) in [5.74, 6) is 0.188. The van der Waals surface area contributed by atoms with E-state index in [0.29, 0.717) is 22.8 Å². The third-order valence-corrected chi connectivity index (χ3v) is 7.54. The number of hydrogen-bond acceptors (Lipinski definition) is 6. The number of hydrogen-bond donors (Lipinski definition) is 2. The van der Waals surface area contributed by atoms with E-state index >= 15 is 0 Å². The van der Waals surface area contributed by atoms with Crippen molar-refractivity contribution in [3.63, 3.8) is 0 Å². The van der Waals surface area contributed by atoms with E-state index in [1.54, 1.807) is 30.7 Å². The summed E-state index contributed by atoms with van der Waals surface area (Å²) in [7, 11) is 0. The highest BCUT2D eigenvalue weighted by Gasteiger charge is 2.37. The highest BCUT2D eigenvalue weighted by atomic mass is 35.5. The second kappa shape index (κ2) is 8.33. The van der Waals surface area contributed by atoms with Gasteiger partial charge in [0, 0.05) is 60.6 Å². The third-order valence-electron chi connectivity index (χ3n) is 7.22. The molecule has 36 heavy (non-hydrogen) atoms. The number of phenols is 1. The summed E-state index contributed by atoms with van der Waals surface area (Å²) in [4.78, 5) is 11.3. The lowest BCUT2D eigenvalue weighted by atomic mass is 10.0. The Labute approximate surface area is 213 Å². The van der Waals surface area contributed by atoms with Gasteiger partial charge in [-0.3, -0.25) is 4.98 Å². The first kappa shape index (κ1) is 21.4. The molecule has 0 radical (unpaired) electrons. The van der Waals surface area contributed by atoms with Gasteiger partial charge in [0.25, 0.3) is 0 Å². The number of rotatable bonds is 4. The molecular weight excluding hydrogens is 472 g/mol. The maximum atomic E-state index is 10.2. The normalized spacial score (nSPS) is 18.9. The maximum absolute atomic E-state index is 10.2. The number of piperazine rings is 1. The van der Waals surface area contributed by atoms with Crippen LogP contribution in [0.2, 0.25) is 5.02 Å². The topological polar surface area (TPSA) is 78.6 Å². The molecule has 2 saturated heterocycles. The molecule has 0 spiro atoms. The minimum absolute atomic E-state index is 0.188. The van der Waals surface area contributed by atoms with Gasteiger partial charge in [0.15, 0.2) is 5.65 Å². The van der Waals surface area contributed by atoms with E-state index in [2.05, 4.69) is 33.4 Å². The number of fused-ring (bicyclic) bond motifs is 3. The zero-order chi connectivity index (χ0) is 24.2. The van der Waals surface area contributed by atoms with E-state index in [1.807, 2.05) is 34.8 Å². The Morgan fingerprint density at radius 2 is 1.86 bits per heavy atom. The molecule has 1 unspecified atom stereocenters. The van der Waals surface area contributed by atoms with Crippen molar-refractivity contribution in [3.8, 4) is 39.4 Å². The molecule has 178 valence electrons. The molecule has 8 heteroatoms. The van der Waals surface area contributed by atoms with Crippen molar-refractivity contribution in [1.82, 2.24) is 24.9 Å². The molecule has 5 heterocycles. The molecule has 3 aromatic heterocycles. The molecule has 0 amide bonds. The molecule has 2 aromatic carbocycles. The predicted octanol–water partition coefficient (Wildman–Crippen LogP) is 5.03. The van der Waals surface area contributed by atoms with Crippen LogP contribution in [0.15, 0.2) is 79.3 Å². The first-order valence-corrected chi connectivity index (χ1v) is 12.4. The molecule has 0 aliphatic carbocycles. The Bertz CT molecular complexity index is 1600. The van der Waals surface area contributed by atoms with E-state index in [9.17, 15) is 5.11 Å². The summed E-state index contributed by atoms with van der Waals surface area (Å²) in [5, 5.41) is 19.4. The molecule has 2 atom stereocenters. The van der Waals surface area contributed by atoms with E-state index in [4.69, 9.17) is 21.7 Å². The van der Waals surface area contributed by atoms with Gasteiger partial charge in [-0.05, 0) is 60.5 Å². The van der Waals surface area contributed by atoms with Gasteiger partial charge in [-0.1, -0.05) is 23.7 Å². The fourth-order valence-corrected chi connectivity index (χ4v) is 5.83. The lowest BCUT2D eigenvalue weighted by Crippen LogP contribution is -2.43. The SMILES string of the molecule is Oc1cccc(-c2c(-c3ccncc3)nn3c(-c4ccc(N5C[C@@H]6CC5CN6)cc4Cl)ccnc23)c1. The number of anilines is 1. The fourth-order valence-electron chi connectivity index (χ4n) is 5.56. The van der Waals surface area contributed by atoms with Gasteiger partial charge in [-0.25, -0.2) is 9.50 Å². The summed E-state index contributed by atoms with van der Waals surface area (Å²) in [6.45, 7) is 2.04. The number of pyridine rings is 1. The molecule has 0 saturated carbocycles. The Hall–Kier alpha value is -3.94. The van der Waals surface area contributed by atoms with Crippen LogP contribution in [0, 0.1) is 0 Å². The number of halogens is 1. The van der Waals surface area contributed by atoms with Crippen LogP contribution in [0.1, 0.15) is 6.42 Å². The summed E-state index contributed by atoms with van der Waals surface area (Å²) in [6, 6.07) is 20.3. The molecular formula is C28H23ClN6O. The van der Waals surface area contributed by atoms with Gasteiger partial charge in [0.05, 0.1) is 16.3 Å². The quantitative estimate of drug-likeness (QED) is 0.364. The molecule has 2 aliphatic heterocycles. The van der Waals surface area contributed by atoms with Crippen LogP contribution >= 0.6 is 11.6 Å². The van der Waals surface area contributed by atoms with Crippen molar-refractivity contribution >= 4 is 22.9 Å². The number of aromatic nitrogens is 4. The molecule has 2 aliphatic rings. The second-order valence-corrected chi connectivity index (χ2v) is 9.79. The van der Waals surface area contributed by atoms with Gasteiger partial charge < -0.3 is 15.3 Å². The largest absolute Gasteiger partial charge is 0.508 e. The lowest BCUT2D eigenvalue weighted by Gasteiger charge is -2.30. The molecule has 2 fully saturated rings.